The van der Waals surface area contributed by atoms with E-state index in [4.69, 9.17) is 25.2 Å². The Balaban J connectivity index is 1.29. The van der Waals surface area contributed by atoms with Crippen LogP contribution in [-0.4, -0.2) is 49.6 Å². The number of hydrogen-bond donors (Lipinski definition) is 2. The van der Waals surface area contributed by atoms with Gasteiger partial charge in [-0.3, -0.25) is 0 Å². The van der Waals surface area contributed by atoms with Gasteiger partial charge in [0.05, 0.1) is 37.8 Å². The molecule has 3 N–H and O–H groups in total. The first-order chi connectivity index (χ1) is 16.2. The van der Waals surface area contributed by atoms with Gasteiger partial charge in [0.1, 0.15) is 6.67 Å². The number of nitrogens with one attached hydrogen (secondary N) is 1. The number of benzene rings is 2. The lowest BCUT2D eigenvalue weighted by molar-refractivity contribution is 0.0464. The molecule has 4 rings (SSSR count). The van der Waals surface area contributed by atoms with Gasteiger partial charge in [-0.15, -0.1) is 22.7 Å². The summed E-state index contributed by atoms with van der Waals surface area (Å²) < 4.78 is 22.4. The lowest BCUT2D eigenvalue weighted by atomic mass is 10.1. The van der Waals surface area contributed by atoms with Crippen molar-refractivity contribution >= 4 is 34.0 Å². The van der Waals surface area contributed by atoms with Crippen molar-refractivity contribution in [2.75, 3.05) is 50.7 Å². The van der Waals surface area contributed by atoms with E-state index < -0.39 is 6.67 Å². The van der Waals surface area contributed by atoms with Crippen molar-refractivity contribution < 1.29 is 13.9 Å². The van der Waals surface area contributed by atoms with Crippen LogP contribution in [0.25, 0.3) is 32.5 Å². The van der Waals surface area contributed by atoms with Gasteiger partial charge in [0.25, 0.3) is 0 Å². The largest absolute Gasteiger partial charge is 0.399 e. The minimum atomic E-state index is -0.462. The maximum Gasteiger partial charge on any atom is 0.152 e. The van der Waals surface area contributed by atoms with E-state index in [1.165, 1.54) is 0 Å². The number of thiazole rings is 2. The van der Waals surface area contributed by atoms with Gasteiger partial charge < -0.3 is 20.5 Å². The predicted molar refractivity (Wildman–Crippen MR) is 135 cm³/mol. The molecule has 172 valence electrons. The Morgan fingerprint density at radius 3 is 1.88 bits per heavy atom. The number of aromatic nitrogens is 2. The van der Waals surface area contributed by atoms with Crippen LogP contribution in [0.2, 0.25) is 0 Å². The molecule has 0 atom stereocenters. The normalized spacial score (nSPS) is 11.1. The number of nitrogens with two attached hydrogens (primary N) is 1. The molecule has 2 heterocycles. The maximum absolute atomic E-state index is 11.9. The second-order valence-corrected chi connectivity index (χ2v) is 8.83. The average molecular weight is 485 g/mol. The molecule has 0 saturated heterocycles. The molecule has 0 fully saturated rings. The fourth-order valence-corrected chi connectivity index (χ4v) is 4.77. The Kier molecular flexibility index (Phi) is 8.37. The van der Waals surface area contributed by atoms with Crippen LogP contribution in [0, 0.1) is 0 Å². The SMILES string of the molecule is Nc1ccc(-c2csc(-c3nc(-c4ccc(NCCOCCOCCF)cc4)cs3)n2)cc1. The summed E-state index contributed by atoms with van der Waals surface area (Å²) in [4.78, 5) is 9.54. The highest BCUT2D eigenvalue weighted by molar-refractivity contribution is 7.20. The Morgan fingerprint density at radius 1 is 0.758 bits per heavy atom. The van der Waals surface area contributed by atoms with Crippen LogP contribution in [0.3, 0.4) is 0 Å². The van der Waals surface area contributed by atoms with E-state index in [1.54, 1.807) is 22.7 Å². The first-order valence-corrected chi connectivity index (χ1v) is 12.3. The standard InChI is InChI=1S/C24H25FN4O2S2/c25-9-11-30-13-14-31-12-10-27-20-7-3-18(4-8-20)22-16-33-24(29-22)23-28-21(15-32-23)17-1-5-19(26)6-2-17/h1-8,15-16,27H,9-14,26H2. The van der Waals surface area contributed by atoms with E-state index in [2.05, 4.69) is 22.8 Å². The van der Waals surface area contributed by atoms with E-state index >= 15 is 0 Å². The predicted octanol–water partition coefficient (Wildman–Crippen LogP) is 5.60. The van der Waals surface area contributed by atoms with Crippen LogP contribution in [0.15, 0.2) is 59.3 Å². The highest BCUT2D eigenvalue weighted by atomic mass is 32.1. The van der Waals surface area contributed by atoms with Gasteiger partial charge in [-0.2, -0.15) is 0 Å². The van der Waals surface area contributed by atoms with Crippen molar-refractivity contribution in [2.45, 2.75) is 0 Å². The molecule has 0 amide bonds. The molecule has 4 aromatic rings. The highest BCUT2D eigenvalue weighted by Crippen LogP contribution is 2.33. The first-order valence-electron chi connectivity index (χ1n) is 10.6. The lowest BCUT2D eigenvalue weighted by Gasteiger charge is -2.08. The third-order valence-electron chi connectivity index (χ3n) is 4.75. The van der Waals surface area contributed by atoms with Crippen LogP contribution >= 0.6 is 22.7 Å². The number of alkyl halides is 1. The molecule has 0 saturated carbocycles. The number of nitrogens with zero attached hydrogens (tertiary/aromatic N) is 2. The Hall–Kier alpha value is -2.85. The number of hydrogen-bond acceptors (Lipinski definition) is 8. The molecule has 6 nitrogen and oxygen atoms in total. The maximum atomic E-state index is 11.9. The van der Waals surface area contributed by atoms with Crippen molar-refractivity contribution in [3.8, 4) is 32.5 Å². The molecule has 0 unspecified atom stereocenters. The third kappa shape index (κ3) is 6.58. The minimum Gasteiger partial charge on any atom is -0.399 e. The second-order valence-electron chi connectivity index (χ2n) is 7.12. The van der Waals surface area contributed by atoms with Crippen LogP contribution in [0.1, 0.15) is 0 Å². The van der Waals surface area contributed by atoms with Gasteiger partial charge in [0, 0.05) is 39.8 Å². The molecule has 2 aromatic heterocycles. The quantitative estimate of drug-likeness (QED) is 0.201. The number of anilines is 2. The molecular formula is C24H25FN4O2S2. The van der Waals surface area contributed by atoms with Gasteiger partial charge in [-0.1, -0.05) is 24.3 Å². The summed E-state index contributed by atoms with van der Waals surface area (Å²) >= 11 is 3.18. The Morgan fingerprint density at radius 2 is 1.30 bits per heavy atom. The summed E-state index contributed by atoms with van der Waals surface area (Å²) in [7, 11) is 0. The molecule has 0 spiro atoms. The summed E-state index contributed by atoms with van der Waals surface area (Å²) in [6.07, 6.45) is 0. The van der Waals surface area contributed by atoms with Crippen LogP contribution in [-0.2, 0) is 9.47 Å². The van der Waals surface area contributed by atoms with E-state index in [-0.39, 0.29) is 6.61 Å². The molecule has 9 heteroatoms. The Bertz CT molecular complexity index is 1130. The molecule has 0 radical (unpaired) electrons. The van der Waals surface area contributed by atoms with Crippen molar-refractivity contribution in [3.63, 3.8) is 0 Å². The van der Waals surface area contributed by atoms with Crippen molar-refractivity contribution in [1.82, 2.24) is 9.97 Å². The molecule has 0 aliphatic rings. The van der Waals surface area contributed by atoms with Crippen LogP contribution < -0.4 is 11.1 Å². The minimum absolute atomic E-state index is 0.128. The average Bonchev–Trinajstić information content (AvgIpc) is 3.52. The molecule has 0 aliphatic heterocycles. The topological polar surface area (TPSA) is 82.3 Å². The van der Waals surface area contributed by atoms with Crippen LogP contribution in [0.5, 0.6) is 0 Å². The zero-order valence-electron chi connectivity index (χ0n) is 18.0. The number of ether oxygens (including phenoxy) is 2. The van der Waals surface area contributed by atoms with E-state index in [0.29, 0.717) is 26.4 Å². The number of rotatable bonds is 12. The highest BCUT2D eigenvalue weighted by Gasteiger charge is 2.12. The van der Waals surface area contributed by atoms with Gasteiger partial charge in [0.2, 0.25) is 0 Å². The molecule has 33 heavy (non-hydrogen) atoms. The smallest absolute Gasteiger partial charge is 0.152 e. The molecule has 0 bridgehead atoms. The van der Waals surface area contributed by atoms with Gasteiger partial charge >= 0.3 is 0 Å². The fraction of sp³-hybridized carbons (Fsp3) is 0.250. The zero-order chi connectivity index (χ0) is 22.9. The number of nitrogen functional groups attached to an aromatic ring is 1. The zero-order valence-corrected chi connectivity index (χ0v) is 19.6. The molecular weight excluding hydrogens is 459 g/mol. The molecule has 2 aromatic carbocycles. The Labute approximate surface area is 200 Å². The van der Waals surface area contributed by atoms with Crippen molar-refractivity contribution in [3.05, 3.63) is 59.3 Å². The third-order valence-corrected chi connectivity index (χ3v) is 6.57. The lowest BCUT2D eigenvalue weighted by Crippen LogP contribution is -2.12. The van der Waals surface area contributed by atoms with E-state index in [9.17, 15) is 4.39 Å². The number of halogens is 1. The van der Waals surface area contributed by atoms with E-state index in [0.717, 1.165) is 43.9 Å². The van der Waals surface area contributed by atoms with Crippen molar-refractivity contribution in [2.24, 2.45) is 0 Å². The first kappa shape index (κ1) is 23.3. The fourth-order valence-electron chi connectivity index (χ4n) is 3.07. The van der Waals surface area contributed by atoms with E-state index in [1.807, 2.05) is 41.8 Å². The molecule has 0 aliphatic carbocycles. The van der Waals surface area contributed by atoms with Gasteiger partial charge in [-0.05, 0) is 24.3 Å². The second kappa shape index (κ2) is 11.9. The van der Waals surface area contributed by atoms with Crippen LogP contribution in [0.4, 0.5) is 15.8 Å². The summed E-state index contributed by atoms with van der Waals surface area (Å²) in [6.45, 7) is 1.79. The van der Waals surface area contributed by atoms with Gasteiger partial charge in [0.15, 0.2) is 10.0 Å². The van der Waals surface area contributed by atoms with Crippen molar-refractivity contribution in [1.29, 1.82) is 0 Å². The summed E-state index contributed by atoms with van der Waals surface area (Å²) in [5.41, 5.74) is 11.5. The summed E-state index contributed by atoms with van der Waals surface area (Å²) in [5, 5.41) is 9.24. The summed E-state index contributed by atoms with van der Waals surface area (Å²) in [6, 6.07) is 15.9. The van der Waals surface area contributed by atoms with Gasteiger partial charge in [-0.25, -0.2) is 14.4 Å². The monoisotopic (exact) mass is 484 g/mol. The summed E-state index contributed by atoms with van der Waals surface area (Å²) in [5.74, 6) is 0.